The van der Waals surface area contributed by atoms with Gasteiger partial charge in [0.1, 0.15) is 0 Å². The zero-order valence-corrected chi connectivity index (χ0v) is 22.0. The van der Waals surface area contributed by atoms with Gasteiger partial charge in [0.2, 0.25) is 0 Å². The largest absolute Gasteiger partial charge is 0.355 e. The standard InChI is InChI=1S/C38H31N/c1-2-14-28(18-12-17-27-15-4-3-5-16-27)39-36-26-13-25-35-37(36)31-21-8-11-24-34(31)38(35)32-22-9-6-19-29(32)30-20-7-10-23-33(30)38/h2-7,9-16,18-20,22-26,39H,1,8,17,21H2/b18-12-,28-14+. The number of hydrogen-bond donors (Lipinski definition) is 1. The van der Waals surface area contributed by atoms with E-state index in [-0.39, 0.29) is 5.41 Å². The number of nitrogens with one attached hydrogen (secondary N) is 1. The molecule has 39 heavy (non-hydrogen) atoms. The highest BCUT2D eigenvalue weighted by molar-refractivity contribution is 5.98. The summed E-state index contributed by atoms with van der Waals surface area (Å²) in [6, 6.07) is 35.4. The summed E-state index contributed by atoms with van der Waals surface area (Å²) in [7, 11) is 0. The van der Waals surface area contributed by atoms with E-state index in [4.69, 9.17) is 0 Å². The molecule has 1 nitrogen and oxygen atoms in total. The molecule has 0 amide bonds. The molecular weight excluding hydrogens is 470 g/mol. The van der Waals surface area contributed by atoms with Crippen LogP contribution in [-0.2, 0) is 11.8 Å². The molecule has 7 rings (SSSR count). The van der Waals surface area contributed by atoms with Crippen molar-refractivity contribution < 1.29 is 0 Å². The van der Waals surface area contributed by atoms with Crippen molar-refractivity contribution in [2.24, 2.45) is 0 Å². The fraction of sp³-hybridized carbons (Fsp3) is 0.105. The maximum absolute atomic E-state index is 3.99. The van der Waals surface area contributed by atoms with Gasteiger partial charge in [-0.1, -0.05) is 122 Å². The van der Waals surface area contributed by atoms with Gasteiger partial charge in [-0.3, -0.25) is 0 Å². The molecule has 1 N–H and O–H groups in total. The smallest absolute Gasteiger partial charge is 0.0722 e. The van der Waals surface area contributed by atoms with E-state index in [1.165, 1.54) is 50.1 Å². The summed E-state index contributed by atoms with van der Waals surface area (Å²) < 4.78 is 0. The van der Waals surface area contributed by atoms with Crippen LogP contribution in [0.5, 0.6) is 0 Å². The highest BCUT2D eigenvalue weighted by Gasteiger charge is 2.52. The summed E-state index contributed by atoms with van der Waals surface area (Å²) in [5.74, 6) is 0. The molecule has 0 atom stereocenters. The quantitative estimate of drug-likeness (QED) is 0.260. The van der Waals surface area contributed by atoms with Crippen molar-refractivity contribution >= 4 is 11.3 Å². The zero-order valence-electron chi connectivity index (χ0n) is 22.0. The molecule has 0 heterocycles. The van der Waals surface area contributed by atoms with Crippen LogP contribution in [-0.4, -0.2) is 0 Å². The number of fused-ring (bicyclic) bond motifs is 9. The fourth-order valence-corrected chi connectivity index (χ4v) is 6.89. The van der Waals surface area contributed by atoms with Gasteiger partial charge in [0.15, 0.2) is 0 Å². The van der Waals surface area contributed by atoms with Gasteiger partial charge in [-0.15, -0.1) is 0 Å². The van der Waals surface area contributed by atoms with Gasteiger partial charge in [0.05, 0.1) is 5.41 Å². The second-order valence-electron chi connectivity index (χ2n) is 10.5. The molecule has 4 aromatic carbocycles. The predicted molar refractivity (Wildman–Crippen MR) is 165 cm³/mol. The lowest BCUT2D eigenvalue weighted by Crippen LogP contribution is -2.27. The number of allylic oxidation sites excluding steroid dienone is 8. The molecule has 0 aliphatic heterocycles. The van der Waals surface area contributed by atoms with E-state index in [2.05, 4.69) is 139 Å². The van der Waals surface area contributed by atoms with Crippen LogP contribution in [0, 0.1) is 0 Å². The van der Waals surface area contributed by atoms with Crippen molar-refractivity contribution in [3.63, 3.8) is 0 Å². The molecule has 3 aliphatic rings. The maximum Gasteiger partial charge on any atom is 0.0722 e. The molecule has 0 saturated heterocycles. The second-order valence-corrected chi connectivity index (χ2v) is 10.5. The molecule has 0 saturated carbocycles. The van der Waals surface area contributed by atoms with Crippen LogP contribution in [0.4, 0.5) is 5.69 Å². The third kappa shape index (κ3) is 3.61. The molecule has 4 aromatic rings. The lowest BCUT2D eigenvalue weighted by molar-refractivity contribution is 0.780. The van der Waals surface area contributed by atoms with E-state index in [1.807, 2.05) is 6.08 Å². The molecule has 0 aromatic heterocycles. The molecule has 0 fully saturated rings. The van der Waals surface area contributed by atoms with Crippen LogP contribution in [0.3, 0.4) is 0 Å². The van der Waals surface area contributed by atoms with E-state index in [1.54, 1.807) is 0 Å². The van der Waals surface area contributed by atoms with Crippen molar-refractivity contribution in [1.29, 1.82) is 0 Å². The predicted octanol–water partition coefficient (Wildman–Crippen LogP) is 9.40. The summed E-state index contributed by atoms with van der Waals surface area (Å²) in [5, 5.41) is 3.80. The van der Waals surface area contributed by atoms with Gasteiger partial charge in [-0.2, -0.15) is 0 Å². The fourth-order valence-electron chi connectivity index (χ4n) is 6.89. The van der Waals surface area contributed by atoms with E-state index >= 15 is 0 Å². The lowest BCUT2D eigenvalue weighted by atomic mass is 9.69. The highest BCUT2D eigenvalue weighted by atomic mass is 14.9. The van der Waals surface area contributed by atoms with Gasteiger partial charge in [0, 0.05) is 16.9 Å². The minimum absolute atomic E-state index is 0.280. The highest BCUT2D eigenvalue weighted by Crippen LogP contribution is 2.64. The first-order valence-corrected chi connectivity index (χ1v) is 13.9. The number of hydrogen-bond acceptors (Lipinski definition) is 1. The summed E-state index contributed by atoms with van der Waals surface area (Å²) in [6.45, 7) is 3.99. The van der Waals surface area contributed by atoms with Crippen molar-refractivity contribution in [2.45, 2.75) is 24.7 Å². The van der Waals surface area contributed by atoms with Crippen molar-refractivity contribution in [2.75, 3.05) is 5.32 Å². The first-order valence-electron chi connectivity index (χ1n) is 13.9. The summed E-state index contributed by atoms with van der Waals surface area (Å²) in [4.78, 5) is 0. The van der Waals surface area contributed by atoms with Gasteiger partial charge in [0.25, 0.3) is 0 Å². The first-order chi connectivity index (χ1) is 19.3. The Kier molecular flexibility index (Phi) is 5.78. The Morgan fingerprint density at radius 3 is 2.23 bits per heavy atom. The molecule has 1 spiro atoms. The number of benzene rings is 4. The second kappa shape index (κ2) is 9.60. The van der Waals surface area contributed by atoms with Crippen LogP contribution in [0.1, 0.15) is 40.7 Å². The molecule has 188 valence electrons. The van der Waals surface area contributed by atoms with Crippen LogP contribution in [0.25, 0.3) is 16.7 Å². The molecule has 0 radical (unpaired) electrons. The zero-order chi connectivity index (χ0) is 26.2. The topological polar surface area (TPSA) is 12.0 Å². The van der Waals surface area contributed by atoms with Crippen LogP contribution in [0.15, 0.2) is 151 Å². The average Bonchev–Trinajstić information content (AvgIpc) is 3.46. The first kappa shape index (κ1) is 23.5. The number of anilines is 1. The van der Waals surface area contributed by atoms with Crippen LogP contribution in [0.2, 0.25) is 0 Å². The van der Waals surface area contributed by atoms with E-state index < -0.39 is 0 Å². The Morgan fingerprint density at radius 1 is 0.795 bits per heavy atom. The van der Waals surface area contributed by atoms with Crippen molar-refractivity contribution in [3.05, 3.63) is 179 Å². The van der Waals surface area contributed by atoms with Crippen molar-refractivity contribution in [1.82, 2.24) is 0 Å². The monoisotopic (exact) mass is 501 g/mol. The Hall–Kier alpha value is -4.62. The summed E-state index contributed by atoms with van der Waals surface area (Å²) in [5.41, 5.74) is 14.3. The minimum atomic E-state index is -0.280. The van der Waals surface area contributed by atoms with Gasteiger partial charge < -0.3 is 5.32 Å². The van der Waals surface area contributed by atoms with Crippen LogP contribution < -0.4 is 5.32 Å². The number of rotatable bonds is 6. The van der Waals surface area contributed by atoms with Crippen LogP contribution >= 0.6 is 0 Å². The molecule has 3 aliphatic carbocycles. The van der Waals surface area contributed by atoms with Gasteiger partial charge in [-0.25, -0.2) is 0 Å². The average molecular weight is 502 g/mol. The van der Waals surface area contributed by atoms with Gasteiger partial charge in [-0.05, 0) is 82.0 Å². The van der Waals surface area contributed by atoms with E-state index in [0.717, 1.165) is 30.6 Å². The Bertz CT molecular complexity index is 1670. The van der Waals surface area contributed by atoms with E-state index in [0.29, 0.717) is 0 Å². The third-order valence-electron chi connectivity index (χ3n) is 8.37. The lowest BCUT2D eigenvalue weighted by Gasteiger charge is -2.32. The minimum Gasteiger partial charge on any atom is -0.355 e. The Labute approximate surface area is 231 Å². The van der Waals surface area contributed by atoms with E-state index in [9.17, 15) is 0 Å². The Morgan fingerprint density at radius 2 is 1.49 bits per heavy atom. The van der Waals surface area contributed by atoms with Crippen molar-refractivity contribution in [3.8, 4) is 11.1 Å². The SMILES string of the molecule is C=C/C=C(\C=C/Cc1ccccc1)Nc1cccc2c1C1=C(C=CCC1)C21c2ccccc2-c2ccccc21. The molecule has 0 bridgehead atoms. The summed E-state index contributed by atoms with van der Waals surface area (Å²) in [6.07, 6.45) is 16.1. The molecule has 0 unspecified atom stereocenters. The molecule has 1 heteroatoms. The third-order valence-corrected chi connectivity index (χ3v) is 8.37. The maximum atomic E-state index is 3.99. The Balaban J connectivity index is 1.37. The van der Waals surface area contributed by atoms with Gasteiger partial charge >= 0.3 is 0 Å². The normalized spacial score (nSPS) is 16.3. The summed E-state index contributed by atoms with van der Waals surface area (Å²) >= 11 is 0. The molecular formula is C38H31N.